The van der Waals surface area contributed by atoms with Gasteiger partial charge in [-0.15, -0.1) is 0 Å². The second-order valence-corrected chi connectivity index (χ2v) is 7.87. The van der Waals surface area contributed by atoms with Crippen molar-refractivity contribution in [3.05, 3.63) is 59.2 Å². The van der Waals surface area contributed by atoms with Crippen molar-refractivity contribution >= 4 is 10.0 Å². The second kappa shape index (κ2) is 7.34. The molecule has 0 saturated heterocycles. The highest BCUT2D eigenvalue weighted by Gasteiger charge is 2.24. The molecule has 0 heterocycles. The first-order valence-corrected chi connectivity index (χ1v) is 9.05. The Labute approximate surface area is 143 Å². The molecule has 130 valence electrons. The Balaban J connectivity index is 2.17. The summed E-state index contributed by atoms with van der Waals surface area (Å²) in [5.41, 5.74) is 2.59. The number of sulfonamides is 1. The van der Waals surface area contributed by atoms with Crippen molar-refractivity contribution in [3.8, 4) is 5.75 Å². The number of rotatable bonds is 6. The lowest BCUT2D eigenvalue weighted by Gasteiger charge is -2.21. The highest BCUT2D eigenvalue weighted by Crippen LogP contribution is 2.22. The molecule has 0 radical (unpaired) electrons. The number of likely N-dealkylation sites (N-methyl/N-ethyl adjacent to an activating group) is 1. The zero-order valence-electron chi connectivity index (χ0n) is 14.4. The van der Waals surface area contributed by atoms with Gasteiger partial charge in [-0.1, -0.05) is 18.2 Å². The number of aliphatic hydroxyl groups excluding tert-OH is 1. The van der Waals surface area contributed by atoms with Crippen LogP contribution in [0, 0.1) is 13.8 Å². The molecule has 0 aliphatic carbocycles. The van der Waals surface area contributed by atoms with E-state index in [0.717, 1.165) is 11.1 Å². The van der Waals surface area contributed by atoms with Crippen molar-refractivity contribution in [1.29, 1.82) is 0 Å². The molecular formula is C18H23NO4S. The van der Waals surface area contributed by atoms with Gasteiger partial charge in [-0.3, -0.25) is 0 Å². The number of benzene rings is 2. The molecule has 1 unspecified atom stereocenters. The van der Waals surface area contributed by atoms with E-state index < -0.39 is 16.1 Å². The molecule has 0 fully saturated rings. The minimum atomic E-state index is -3.65. The number of hydrogen-bond donors (Lipinski definition) is 1. The van der Waals surface area contributed by atoms with E-state index in [0.29, 0.717) is 11.3 Å². The van der Waals surface area contributed by atoms with E-state index in [4.69, 9.17) is 4.74 Å². The van der Waals surface area contributed by atoms with Gasteiger partial charge in [0.1, 0.15) is 5.75 Å². The molecule has 0 saturated carbocycles. The summed E-state index contributed by atoms with van der Waals surface area (Å²) in [5, 5.41) is 10.3. The number of ether oxygens (including phenoxy) is 1. The number of methoxy groups -OCH3 is 1. The molecule has 0 bridgehead atoms. The number of hydrogen-bond acceptors (Lipinski definition) is 4. The lowest BCUT2D eigenvalue weighted by Crippen LogP contribution is -2.31. The van der Waals surface area contributed by atoms with E-state index in [1.54, 1.807) is 49.6 Å². The van der Waals surface area contributed by atoms with Gasteiger partial charge in [0.05, 0.1) is 18.1 Å². The first-order chi connectivity index (χ1) is 11.3. The maximum absolute atomic E-state index is 12.7. The highest BCUT2D eigenvalue weighted by molar-refractivity contribution is 7.89. The maximum Gasteiger partial charge on any atom is 0.242 e. The van der Waals surface area contributed by atoms with E-state index in [9.17, 15) is 13.5 Å². The minimum Gasteiger partial charge on any atom is -0.497 e. The Morgan fingerprint density at radius 2 is 1.71 bits per heavy atom. The van der Waals surface area contributed by atoms with Gasteiger partial charge < -0.3 is 9.84 Å². The summed E-state index contributed by atoms with van der Waals surface area (Å²) in [7, 11) is -0.611. The first-order valence-electron chi connectivity index (χ1n) is 7.61. The van der Waals surface area contributed by atoms with Crippen LogP contribution in [0.5, 0.6) is 5.75 Å². The monoisotopic (exact) mass is 349 g/mol. The Morgan fingerprint density at radius 1 is 1.08 bits per heavy atom. The van der Waals surface area contributed by atoms with E-state index in [2.05, 4.69) is 0 Å². The van der Waals surface area contributed by atoms with Crippen LogP contribution in [-0.4, -0.2) is 38.5 Å². The molecular weight excluding hydrogens is 326 g/mol. The van der Waals surface area contributed by atoms with Crippen molar-refractivity contribution in [2.45, 2.75) is 24.8 Å². The fraction of sp³-hybridized carbons (Fsp3) is 0.333. The SMILES string of the molecule is COc1ccc(C(O)CN(C)S(=O)(=O)c2ccc(C)c(C)c2)cc1. The molecule has 0 spiro atoms. The van der Waals surface area contributed by atoms with E-state index in [1.165, 1.54) is 11.4 Å². The Morgan fingerprint density at radius 3 is 2.25 bits per heavy atom. The van der Waals surface area contributed by atoms with Gasteiger partial charge in [-0.05, 0) is 54.8 Å². The summed E-state index contributed by atoms with van der Waals surface area (Å²) in [4.78, 5) is 0.232. The molecule has 1 atom stereocenters. The molecule has 24 heavy (non-hydrogen) atoms. The summed E-state index contributed by atoms with van der Waals surface area (Å²) in [6.45, 7) is 3.78. The first kappa shape index (κ1) is 18.4. The summed E-state index contributed by atoms with van der Waals surface area (Å²) in [6, 6.07) is 11.9. The van der Waals surface area contributed by atoms with Crippen LogP contribution in [0.4, 0.5) is 0 Å². The highest BCUT2D eigenvalue weighted by atomic mass is 32.2. The summed E-state index contributed by atoms with van der Waals surface area (Å²) < 4.78 is 31.6. The molecule has 2 aromatic rings. The normalized spacial score (nSPS) is 13.1. The molecule has 5 nitrogen and oxygen atoms in total. The largest absolute Gasteiger partial charge is 0.497 e. The van der Waals surface area contributed by atoms with Crippen LogP contribution in [0.3, 0.4) is 0 Å². The van der Waals surface area contributed by atoms with Crippen molar-refractivity contribution in [1.82, 2.24) is 4.31 Å². The van der Waals surface area contributed by atoms with Gasteiger partial charge in [-0.2, -0.15) is 4.31 Å². The number of aliphatic hydroxyl groups is 1. The molecule has 0 aliphatic rings. The van der Waals surface area contributed by atoms with Crippen molar-refractivity contribution < 1.29 is 18.3 Å². The summed E-state index contributed by atoms with van der Waals surface area (Å²) >= 11 is 0. The molecule has 1 N–H and O–H groups in total. The van der Waals surface area contributed by atoms with E-state index >= 15 is 0 Å². The maximum atomic E-state index is 12.7. The van der Waals surface area contributed by atoms with E-state index in [1.807, 2.05) is 13.8 Å². The average molecular weight is 349 g/mol. The predicted molar refractivity (Wildman–Crippen MR) is 93.7 cm³/mol. The predicted octanol–water partition coefficient (Wildman–Crippen LogP) is 2.67. The third-order valence-corrected chi connectivity index (χ3v) is 5.94. The van der Waals surface area contributed by atoms with Crippen molar-refractivity contribution in [2.75, 3.05) is 20.7 Å². The van der Waals surface area contributed by atoms with Crippen LogP contribution < -0.4 is 4.74 Å². The fourth-order valence-electron chi connectivity index (χ4n) is 2.33. The van der Waals surface area contributed by atoms with Gasteiger partial charge in [0.25, 0.3) is 0 Å². The average Bonchev–Trinajstić information content (AvgIpc) is 2.57. The molecule has 2 rings (SSSR count). The van der Waals surface area contributed by atoms with Crippen LogP contribution in [0.15, 0.2) is 47.4 Å². The Kier molecular flexibility index (Phi) is 5.64. The Bertz CT molecular complexity index is 800. The van der Waals surface area contributed by atoms with Gasteiger partial charge in [-0.25, -0.2) is 8.42 Å². The summed E-state index contributed by atoms with van der Waals surface area (Å²) in [5.74, 6) is 0.682. The molecule has 0 aromatic heterocycles. The smallest absolute Gasteiger partial charge is 0.242 e. The lowest BCUT2D eigenvalue weighted by molar-refractivity contribution is 0.155. The van der Waals surface area contributed by atoms with Crippen LogP contribution in [0.2, 0.25) is 0 Å². The molecule has 2 aromatic carbocycles. The second-order valence-electron chi connectivity index (χ2n) is 5.82. The van der Waals surface area contributed by atoms with Crippen LogP contribution in [0.1, 0.15) is 22.8 Å². The van der Waals surface area contributed by atoms with Gasteiger partial charge in [0, 0.05) is 13.6 Å². The quantitative estimate of drug-likeness (QED) is 0.871. The van der Waals surface area contributed by atoms with Crippen molar-refractivity contribution in [3.63, 3.8) is 0 Å². The minimum absolute atomic E-state index is 0.0262. The van der Waals surface area contributed by atoms with Gasteiger partial charge >= 0.3 is 0 Å². The molecule has 6 heteroatoms. The number of nitrogens with zero attached hydrogens (tertiary/aromatic N) is 1. The molecule has 0 amide bonds. The van der Waals surface area contributed by atoms with Gasteiger partial charge in [0.15, 0.2) is 0 Å². The van der Waals surface area contributed by atoms with Crippen LogP contribution in [-0.2, 0) is 10.0 Å². The van der Waals surface area contributed by atoms with Crippen molar-refractivity contribution in [2.24, 2.45) is 0 Å². The zero-order chi connectivity index (χ0) is 17.9. The lowest BCUT2D eigenvalue weighted by atomic mass is 10.1. The summed E-state index contributed by atoms with van der Waals surface area (Å²) in [6.07, 6.45) is -0.915. The third kappa shape index (κ3) is 3.95. The third-order valence-electron chi connectivity index (χ3n) is 4.12. The van der Waals surface area contributed by atoms with E-state index in [-0.39, 0.29) is 11.4 Å². The molecule has 0 aliphatic heterocycles. The number of aryl methyl sites for hydroxylation is 2. The zero-order valence-corrected chi connectivity index (χ0v) is 15.2. The Hall–Kier alpha value is -1.89. The van der Waals surface area contributed by atoms with Crippen LogP contribution >= 0.6 is 0 Å². The van der Waals surface area contributed by atoms with Gasteiger partial charge in [0.2, 0.25) is 10.0 Å². The fourth-order valence-corrected chi connectivity index (χ4v) is 3.59. The van der Waals surface area contributed by atoms with Crippen LogP contribution in [0.25, 0.3) is 0 Å². The standard InChI is InChI=1S/C18H23NO4S/c1-13-5-10-17(11-14(13)2)24(21,22)19(3)12-18(20)15-6-8-16(23-4)9-7-15/h5-11,18,20H,12H2,1-4H3. The topological polar surface area (TPSA) is 66.8 Å².